The van der Waals surface area contributed by atoms with Crippen LogP contribution >= 0.6 is 0 Å². The Labute approximate surface area is 174 Å². The topological polar surface area (TPSA) is 48.0 Å². The van der Waals surface area contributed by atoms with Gasteiger partial charge in [-0.15, -0.1) is 0 Å². The lowest BCUT2D eigenvalue weighted by molar-refractivity contribution is 0.0998. The second kappa shape index (κ2) is 6.95. The van der Waals surface area contributed by atoms with E-state index in [2.05, 4.69) is 0 Å². The van der Waals surface area contributed by atoms with Crippen LogP contribution in [0.5, 0.6) is 17.2 Å². The smallest absolute Gasteiger partial charge is 0.258 e. The molecule has 0 aromatic heterocycles. The lowest BCUT2D eigenvalue weighted by atomic mass is 9.97. The van der Waals surface area contributed by atoms with Crippen molar-refractivity contribution in [3.8, 4) is 17.2 Å². The molecule has 150 valence electrons. The van der Waals surface area contributed by atoms with E-state index in [4.69, 9.17) is 14.2 Å². The predicted octanol–water partition coefficient (Wildman–Crippen LogP) is 5.18. The summed E-state index contributed by atoms with van der Waals surface area (Å²) in [5.41, 5.74) is 2.60. The number of carbonyl (C=O) groups is 1. The van der Waals surface area contributed by atoms with E-state index in [1.165, 1.54) is 0 Å². The second-order valence-corrected chi connectivity index (χ2v) is 7.33. The van der Waals surface area contributed by atoms with Gasteiger partial charge in [-0.25, -0.2) is 0 Å². The van der Waals surface area contributed by atoms with E-state index in [0.717, 1.165) is 38.5 Å². The molecule has 5 nitrogen and oxygen atoms in total. The van der Waals surface area contributed by atoms with Gasteiger partial charge in [0.15, 0.2) is 11.5 Å². The summed E-state index contributed by atoms with van der Waals surface area (Å²) < 4.78 is 17.3. The zero-order valence-corrected chi connectivity index (χ0v) is 17.1. The molecule has 30 heavy (non-hydrogen) atoms. The summed E-state index contributed by atoms with van der Waals surface area (Å²) in [5.74, 6) is 1.90. The Morgan fingerprint density at radius 3 is 2.43 bits per heavy atom. The summed E-state index contributed by atoms with van der Waals surface area (Å²) in [6.45, 7) is 0.493. The Hall–Kier alpha value is -3.73. The summed E-state index contributed by atoms with van der Waals surface area (Å²) in [7, 11) is 5.00. The SMILES string of the molecule is COc1cc2c3c(cc4cc(OCc5ccccc5)ccc4c3c1OC)N(C)C2=O. The largest absolute Gasteiger partial charge is 0.493 e. The minimum atomic E-state index is -0.0492. The van der Waals surface area contributed by atoms with E-state index < -0.39 is 0 Å². The molecule has 1 amide bonds. The number of anilines is 1. The van der Waals surface area contributed by atoms with Crippen LogP contribution in [-0.2, 0) is 6.61 Å². The Kier molecular flexibility index (Phi) is 4.24. The highest BCUT2D eigenvalue weighted by atomic mass is 16.5. The summed E-state index contributed by atoms with van der Waals surface area (Å²) in [4.78, 5) is 14.5. The van der Waals surface area contributed by atoms with E-state index in [9.17, 15) is 4.79 Å². The number of nitrogens with zero attached hydrogens (tertiary/aromatic N) is 1. The highest BCUT2D eigenvalue weighted by molar-refractivity contribution is 6.31. The van der Waals surface area contributed by atoms with Crippen molar-refractivity contribution in [3.63, 3.8) is 0 Å². The van der Waals surface area contributed by atoms with Crippen LogP contribution in [0.1, 0.15) is 15.9 Å². The molecule has 0 N–H and O–H groups in total. The van der Waals surface area contributed by atoms with Gasteiger partial charge in [0.05, 0.1) is 25.5 Å². The first-order valence-corrected chi connectivity index (χ1v) is 9.72. The monoisotopic (exact) mass is 399 g/mol. The molecule has 1 heterocycles. The first-order chi connectivity index (χ1) is 14.6. The highest BCUT2D eigenvalue weighted by Gasteiger charge is 2.31. The quantitative estimate of drug-likeness (QED) is 0.434. The molecule has 1 aliphatic rings. The number of fused-ring (bicyclic) bond motifs is 2. The summed E-state index contributed by atoms with van der Waals surface area (Å²) in [6.07, 6.45) is 0. The Bertz CT molecular complexity index is 1300. The average Bonchev–Trinajstić information content (AvgIpc) is 3.03. The van der Waals surface area contributed by atoms with Crippen molar-refractivity contribution in [2.75, 3.05) is 26.2 Å². The molecule has 0 unspecified atom stereocenters. The Morgan fingerprint density at radius 2 is 1.70 bits per heavy atom. The van der Waals surface area contributed by atoms with Crippen LogP contribution in [-0.4, -0.2) is 27.2 Å². The van der Waals surface area contributed by atoms with Gasteiger partial charge in [0.1, 0.15) is 12.4 Å². The van der Waals surface area contributed by atoms with Crippen molar-refractivity contribution in [2.24, 2.45) is 0 Å². The molecule has 0 saturated carbocycles. The molecule has 0 atom stereocenters. The highest BCUT2D eigenvalue weighted by Crippen LogP contribution is 2.49. The average molecular weight is 399 g/mol. The van der Waals surface area contributed by atoms with Crippen LogP contribution in [0.25, 0.3) is 21.5 Å². The zero-order chi connectivity index (χ0) is 20.8. The van der Waals surface area contributed by atoms with Crippen molar-refractivity contribution in [1.29, 1.82) is 0 Å². The fourth-order valence-electron chi connectivity index (χ4n) is 4.18. The first kappa shape index (κ1) is 18.3. The van der Waals surface area contributed by atoms with Crippen LogP contribution in [0.15, 0.2) is 60.7 Å². The summed E-state index contributed by atoms with van der Waals surface area (Å²) >= 11 is 0. The number of hydrogen-bond acceptors (Lipinski definition) is 4. The predicted molar refractivity (Wildman–Crippen MR) is 118 cm³/mol. The minimum absolute atomic E-state index is 0.0492. The molecular formula is C25H21NO4. The fraction of sp³-hybridized carbons (Fsp3) is 0.160. The molecule has 4 aromatic carbocycles. The van der Waals surface area contributed by atoms with E-state index in [1.807, 2.05) is 54.6 Å². The number of hydrogen-bond donors (Lipinski definition) is 0. The molecule has 1 aliphatic heterocycles. The van der Waals surface area contributed by atoms with E-state index in [-0.39, 0.29) is 5.91 Å². The zero-order valence-electron chi connectivity index (χ0n) is 17.1. The summed E-state index contributed by atoms with van der Waals surface area (Å²) in [5, 5.41) is 3.74. The minimum Gasteiger partial charge on any atom is -0.493 e. The van der Waals surface area contributed by atoms with Crippen LogP contribution in [0.4, 0.5) is 5.69 Å². The third kappa shape index (κ3) is 2.66. The number of rotatable bonds is 5. The Balaban J connectivity index is 1.70. The fourth-order valence-corrected chi connectivity index (χ4v) is 4.18. The van der Waals surface area contributed by atoms with Crippen LogP contribution in [0.3, 0.4) is 0 Å². The van der Waals surface area contributed by atoms with Gasteiger partial charge in [-0.1, -0.05) is 30.3 Å². The van der Waals surface area contributed by atoms with Gasteiger partial charge < -0.3 is 19.1 Å². The molecule has 0 radical (unpaired) electrons. The maximum absolute atomic E-state index is 12.9. The van der Waals surface area contributed by atoms with E-state index >= 15 is 0 Å². The van der Waals surface area contributed by atoms with Gasteiger partial charge in [-0.3, -0.25) is 4.79 Å². The third-order valence-electron chi connectivity index (χ3n) is 5.66. The van der Waals surface area contributed by atoms with Crippen molar-refractivity contribution >= 4 is 33.1 Å². The number of carbonyl (C=O) groups excluding carboxylic acids is 1. The number of ether oxygens (including phenoxy) is 3. The van der Waals surface area contributed by atoms with Crippen molar-refractivity contribution < 1.29 is 19.0 Å². The van der Waals surface area contributed by atoms with Crippen molar-refractivity contribution in [3.05, 3.63) is 71.8 Å². The van der Waals surface area contributed by atoms with E-state index in [0.29, 0.717) is 23.7 Å². The molecule has 5 heteroatoms. The van der Waals surface area contributed by atoms with Gasteiger partial charge in [-0.2, -0.15) is 0 Å². The van der Waals surface area contributed by atoms with Gasteiger partial charge >= 0.3 is 0 Å². The lowest BCUT2D eigenvalue weighted by Crippen LogP contribution is -2.20. The first-order valence-electron chi connectivity index (χ1n) is 9.72. The molecule has 0 fully saturated rings. The molecule has 0 spiro atoms. The number of benzene rings is 4. The molecule has 0 aliphatic carbocycles. The van der Waals surface area contributed by atoms with Crippen molar-refractivity contribution in [2.45, 2.75) is 6.61 Å². The van der Waals surface area contributed by atoms with Gasteiger partial charge in [-0.05, 0) is 46.7 Å². The third-order valence-corrected chi connectivity index (χ3v) is 5.66. The maximum Gasteiger partial charge on any atom is 0.258 e. The van der Waals surface area contributed by atoms with Crippen molar-refractivity contribution in [1.82, 2.24) is 0 Å². The van der Waals surface area contributed by atoms with Crippen LogP contribution in [0.2, 0.25) is 0 Å². The van der Waals surface area contributed by atoms with Gasteiger partial charge in [0.25, 0.3) is 5.91 Å². The molecule has 0 saturated heterocycles. The Morgan fingerprint density at radius 1 is 0.900 bits per heavy atom. The number of methoxy groups -OCH3 is 2. The molecule has 4 aromatic rings. The molecule has 0 bridgehead atoms. The maximum atomic E-state index is 12.9. The van der Waals surface area contributed by atoms with Crippen LogP contribution < -0.4 is 19.1 Å². The molecular weight excluding hydrogens is 378 g/mol. The van der Waals surface area contributed by atoms with Gasteiger partial charge in [0, 0.05) is 17.8 Å². The molecule has 5 rings (SSSR count). The second-order valence-electron chi connectivity index (χ2n) is 7.33. The number of amides is 1. The van der Waals surface area contributed by atoms with E-state index in [1.54, 1.807) is 32.2 Å². The lowest BCUT2D eigenvalue weighted by Gasteiger charge is -2.16. The standard InChI is InChI=1S/C25H21NO4/c1-26-20-12-16-11-17(30-14-15-7-5-4-6-8-15)9-10-18(16)23-22(20)19(25(26)27)13-21(28-2)24(23)29-3/h4-13H,14H2,1-3H3. The van der Waals surface area contributed by atoms with Crippen LogP contribution in [0, 0.1) is 0 Å². The summed E-state index contributed by atoms with van der Waals surface area (Å²) in [6, 6.07) is 19.8. The normalized spacial score (nSPS) is 12.6. The van der Waals surface area contributed by atoms with Gasteiger partial charge in [0.2, 0.25) is 0 Å².